The van der Waals surface area contributed by atoms with Gasteiger partial charge in [-0.15, -0.1) is 0 Å². The highest BCUT2D eigenvalue weighted by atomic mass is 16.7. The van der Waals surface area contributed by atoms with Crippen molar-refractivity contribution in [3.63, 3.8) is 0 Å². The van der Waals surface area contributed by atoms with Crippen LogP contribution >= 0.6 is 0 Å². The van der Waals surface area contributed by atoms with E-state index in [1.54, 1.807) is 0 Å². The molecule has 4 heteroatoms. The van der Waals surface area contributed by atoms with Gasteiger partial charge in [0.1, 0.15) is 5.60 Å². The Hall–Kier alpha value is -0.610. The highest BCUT2D eigenvalue weighted by molar-refractivity contribution is 5.77. The first-order valence-electron chi connectivity index (χ1n) is 4.98. The van der Waals surface area contributed by atoms with Gasteiger partial charge in [0, 0.05) is 6.54 Å². The van der Waals surface area contributed by atoms with Gasteiger partial charge in [-0.05, 0) is 31.8 Å². The molecule has 1 N–H and O–H groups in total. The summed E-state index contributed by atoms with van der Waals surface area (Å²) < 4.78 is 0. The molecular formula is C9H14N2O2. The van der Waals surface area contributed by atoms with Gasteiger partial charge in [-0.1, -0.05) is 0 Å². The molecule has 4 heterocycles. The fourth-order valence-corrected chi connectivity index (χ4v) is 2.94. The van der Waals surface area contributed by atoms with E-state index in [4.69, 9.17) is 4.84 Å². The highest BCUT2D eigenvalue weighted by Crippen LogP contribution is 2.41. The SMILES string of the molecule is O=C1CC2(CN3CCC2CC3)ON1. The standard InChI is InChI=1S/C9H14N2O2/c12-8-5-9(13-10-8)6-11-3-1-7(9)2-4-11/h7H,1-6H2,(H,10,12). The van der Waals surface area contributed by atoms with Crippen LogP contribution in [-0.2, 0) is 9.63 Å². The highest BCUT2D eigenvalue weighted by Gasteiger charge is 2.52. The van der Waals surface area contributed by atoms with Gasteiger partial charge >= 0.3 is 0 Å². The molecule has 1 atom stereocenters. The molecule has 4 rings (SSSR count). The molecule has 4 nitrogen and oxygen atoms in total. The molecule has 1 unspecified atom stereocenters. The minimum Gasteiger partial charge on any atom is -0.300 e. The number of hydroxylamine groups is 1. The van der Waals surface area contributed by atoms with Crippen molar-refractivity contribution >= 4 is 5.91 Å². The number of carbonyl (C=O) groups is 1. The van der Waals surface area contributed by atoms with Crippen LogP contribution in [-0.4, -0.2) is 36.0 Å². The monoisotopic (exact) mass is 182 g/mol. The van der Waals surface area contributed by atoms with Crippen LogP contribution in [0.5, 0.6) is 0 Å². The second-order valence-corrected chi connectivity index (χ2v) is 4.42. The van der Waals surface area contributed by atoms with E-state index in [0.29, 0.717) is 12.3 Å². The molecule has 0 aromatic rings. The van der Waals surface area contributed by atoms with Gasteiger partial charge in [0.15, 0.2) is 0 Å². The van der Waals surface area contributed by atoms with E-state index in [1.807, 2.05) is 0 Å². The summed E-state index contributed by atoms with van der Waals surface area (Å²) in [5.74, 6) is 0.644. The average Bonchev–Trinajstić information content (AvgIpc) is 2.49. The minimum absolute atomic E-state index is 0.0498. The van der Waals surface area contributed by atoms with Crippen LogP contribution in [0.15, 0.2) is 0 Å². The van der Waals surface area contributed by atoms with Crippen molar-refractivity contribution in [3.8, 4) is 0 Å². The molecule has 72 valence electrons. The lowest BCUT2D eigenvalue weighted by Gasteiger charge is -2.49. The molecule has 2 bridgehead atoms. The zero-order chi connectivity index (χ0) is 8.89. The van der Waals surface area contributed by atoms with Crippen LogP contribution in [0.4, 0.5) is 0 Å². The Bertz CT molecular complexity index is 248. The maximum Gasteiger partial charge on any atom is 0.246 e. The zero-order valence-corrected chi connectivity index (χ0v) is 7.58. The van der Waals surface area contributed by atoms with Gasteiger partial charge in [0.25, 0.3) is 0 Å². The average molecular weight is 182 g/mol. The van der Waals surface area contributed by atoms with Crippen LogP contribution in [0.25, 0.3) is 0 Å². The largest absolute Gasteiger partial charge is 0.300 e. The smallest absolute Gasteiger partial charge is 0.246 e. The zero-order valence-electron chi connectivity index (χ0n) is 7.58. The van der Waals surface area contributed by atoms with Gasteiger partial charge < -0.3 is 4.90 Å². The number of amides is 1. The number of hydrogen-bond acceptors (Lipinski definition) is 3. The number of carbonyl (C=O) groups excluding carboxylic acids is 1. The second kappa shape index (κ2) is 2.45. The third-order valence-corrected chi connectivity index (χ3v) is 3.65. The lowest BCUT2D eigenvalue weighted by Crippen LogP contribution is -2.59. The molecule has 4 aliphatic heterocycles. The summed E-state index contributed by atoms with van der Waals surface area (Å²) in [5, 5.41) is 0. The maximum atomic E-state index is 11.1. The van der Waals surface area contributed by atoms with E-state index in [-0.39, 0.29) is 11.5 Å². The molecule has 1 amide bonds. The van der Waals surface area contributed by atoms with Gasteiger partial charge in [-0.25, -0.2) is 5.48 Å². The predicted molar refractivity (Wildman–Crippen MR) is 45.7 cm³/mol. The number of hydrogen-bond donors (Lipinski definition) is 1. The molecule has 13 heavy (non-hydrogen) atoms. The first-order valence-corrected chi connectivity index (χ1v) is 4.98. The van der Waals surface area contributed by atoms with Crippen molar-refractivity contribution in [3.05, 3.63) is 0 Å². The molecule has 0 aromatic carbocycles. The van der Waals surface area contributed by atoms with E-state index >= 15 is 0 Å². The summed E-state index contributed by atoms with van der Waals surface area (Å²) in [6, 6.07) is 0. The number of rotatable bonds is 0. The van der Waals surface area contributed by atoms with Crippen LogP contribution in [0.1, 0.15) is 19.3 Å². The van der Waals surface area contributed by atoms with Crippen molar-refractivity contribution in [2.75, 3.05) is 19.6 Å². The van der Waals surface area contributed by atoms with E-state index in [1.165, 1.54) is 25.9 Å². The van der Waals surface area contributed by atoms with Gasteiger partial charge in [0.05, 0.1) is 6.42 Å². The molecule has 0 saturated carbocycles. The summed E-state index contributed by atoms with van der Waals surface area (Å²) in [6.45, 7) is 3.31. The van der Waals surface area contributed by atoms with E-state index in [0.717, 1.165) is 6.54 Å². The third kappa shape index (κ3) is 1.02. The Morgan fingerprint density at radius 3 is 2.69 bits per heavy atom. The summed E-state index contributed by atoms with van der Waals surface area (Å²) >= 11 is 0. The number of nitrogens with one attached hydrogen (secondary N) is 1. The van der Waals surface area contributed by atoms with Crippen LogP contribution in [0.3, 0.4) is 0 Å². The third-order valence-electron chi connectivity index (χ3n) is 3.65. The van der Waals surface area contributed by atoms with Gasteiger partial charge in [-0.2, -0.15) is 0 Å². The van der Waals surface area contributed by atoms with E-state index < -0.39 is 0 Å². The molecule has 0 aliphatic carbocycles. The molecule has 0 radical (unpaired) electrons. The Morgan fingerprint density at radius 1 is 1.46 bits per heavy atom. The topological polar surface area (TPSA) is 41.6 Å². The molecule has 4 fully saturated rings. The minimum atomic E-state index is -0.173. The maximum absolute atomic E-state index is 11.1. The quantitative estimate of drug-likeness (QED) is 0.569. The van der Waals surface area contributed by atoms with E-state index in [2.05, 4.69) is 10.4 Å². The summed E-state index contributed by atoms with van der Waals surface area (Å²) in [4.78, 5) is 19.0. The van der Waals surface area contributed by atoms with Crippen molar-refractivity contribution in [2.24, 2.45) is 5.92 Å². The predicted octanol–water partition coefficient (Wildman–Crippen LogP) is -0.0977. The number of nitrogens with zero attached hydrogens (tertiary/aromatic N) is 1. The Morgan fingerprint density at radius 2 is 2.23 bits per heavy atom. The Kier molecular flexibility index (Phi) is 1.46. The van der Waals surface area contributed by atoms with Crippen molar-refractivity contribution in [1.29, 1.82) is 0 Å². The summed E-state index contributed by atoms with van der Waals surface area (Å²) in [5.41, 5.74) is 2.33. The fourth-order valence-electron chi connectivity index (χ4n) is 2.94. The number of fused-ring (bicyclic) bond motifs is 2. The van der Waals surface area contributed by atoms with Crippen LogP contribution < -0.4 is 5.48 Å². The molecule has 1 spiro atoms. The van der Waals surface area contributed by atoms with Crippen LogP contribution in [0.2, 0.25) is 0 Å². The number of piperidine rings is 3. The first kappa shape index (κ1) is 7.76. The van der Waals surface area contributed by atoms with Gasteiger partial charge in [0.2, 0.25) is 5.91 Å². The molecule has 0 aromatic heterocycles. The first-order chi connectivity index (χ1) is 6.28. The molecule has 4 aliphatic rings. The lowest BCUT2D eigenvalue weighted by molar-refractivity contribution is -0.155. The summed E-state index contributed by atoms with van der Waals surface area (Å²) in [7, 11) is 0. The van der Waals surface area contributed by atoms with Crippen molar-refractivity contribution in [1.82, 2.24) is 10.4 Å². The molecule has 4 saturated heterocycles. The van der Waals surface area contributed by atoms with E-state index in [9.17, 15) is 4.79 Å². The normalized spacial score (nSPS) is 48.5. The van der Waals surface area contributed by atoms with Crippen molar-refractivity contribution in [2.45, 2.75) is 24.9 Å². The lowest BCUT2D eigenvalue weighted by atomic mass is 9.74. The summed E-state index contributed by atoms with van der Waals surface area (Å²) in [6.07, 6.45) is 2.94. The fraction of sp³-hybridized carbons (Fsp3) is 0.889. The van der Waals surface area contributed by atoms with Crippen LogP contribution in [0, 0.1) is 5.92 Å². The Balaban J connectivity index is 1.87. The van der Waals surface area contributed by atoms with Gasteiger partial charge in [-0.3, -0.25) is 9.63 Å². The second-order valence-electron chi connectivity index (χ2n) is 4.42. The van der Waals surface area contributed by atoms with Crippen molar-refractivity contribution < 1.29 is 9.63 Å². The Labute approximate surface area is 77.2 Å². The molecular weight excluding hydrogens is 168 g/mol.